The van der Waals surface area contributed by atoms with Crippen LogP contribution in [0, 0.1) is 12.8 Å². The molecule has 0 aliphatic heterocycles. The third kappa shape index (κ3) is 3.22. The highest BCUT2D eigenvalue weighted by Crippen LogP contribution is 2.38. The van der Waals surface area contributed by atoms with Crippen molar-refractivity contribution in [3.05, 3.63) is 47.3 Å². The second-order valence-corrected chi connectivity index (χ2v) is 6.28. The molecule has 1 aromatic carbocycles. The zero-order valence-corrected chi connectivity index (χ0v) is 13.2. The predicted molar refractivity (Wildman–Crippen MR) is 85.0 cm³/mol. The van der Waals surface area contributed by atoms with Crippen molar-refractivity contribution in [3.63, 3.8) is 0 Å². The Bertz CT molecular complexity index is 720. The maximum Gasteiger partial charge on any atom is 0.252 e. The summed E-state index contributed by atoms with van der Waals surface area (Å²) in [6.45, 7) is 1.79. The van der Waals surface area contributed by atoms with E-state index >= 15 is 0 Å². The third-order valence-electron chi connectivity index (χ3n) is 4.45. The number of aliphatic hydroxyl groups is 1. The number of carbonyl (C=O) groups is 1. The van der Waals surface area contributed by atoms with E-state index in [0.717, 1.165) is 11.1 Å². The number of aryl methyl sites for hydroxylation is 2. The van der Waals surface area contributed by atoms with E-state index in [2.05, 4.69) is 10.4 Å². The largest absolute Gasteiger partial charge is 0.508 e. The second kappa shape index (κ2) is 6.04. The number of hydrogen-bond donors (Lipinski definition) is 3. The fourth-order valence-electron chi connectivity index (χ4n) is 3.10. The fraction of sp³-hybridized carbons (Fsp3) is 0.412. The second-order valence-electron chi connectivity index (χ2n) is 6.28. The summed E-state index contributed by atoms with van der Waals surface area (Å²) in [5.74, 6) is 0.165. The summed E-state index contributed by atoms with van der Waals surface area (Å²) in [5.41, 5.74) is 2.20. The summed E-state index contributed by atoms with van der Waals surface area (Å²) < 4.78 is 1.70. The summed E-state index contributed by atoms with van der Waals surface area (Å²) in [7, 11) is 1.84. The van der Waals surface area contributed by atoms with Crippen molar-refractivity contribution >= 4 is 5.91 Å². The third-order valence-corrected chi connectivity index (χ3v) is 4.45. The van der Waals surface area contributed by atoms with Crippen LogP contribution < -0.4 is 5.32 Å². The Hall–Kier alpha value is -2.34. The molecule has 3 rings (SSSR count). The van der Waals surface area contributed by atoms with Crippen molar-refractivity contribution in [1.29, 1.82) is 0 Å². The minimum Gasteiger partial charge on any atom is -0.508 e. The molecule has 2 aromatic rings. The van der Waals surface area contributed by atoms with Crippen LogP contribution in [0.25, 0.3) is 0 Å². The van der Waals surface area contributed by atoms with Gasteiger partial charge in [-0.05, 0) is 49.4 Å². The lowest BCUT2D eigenvalue weighted by atomic mass is 9.75. The first-order chi connectivity index (χ1) is 10.9. The molecule has 23 heavy (non-hydrogen) atoms. The average Bonchev–Trinajstić information content (AvgIpc) is 2.88. The molecule has 0 radical (unpaired) electrons. The van der Waals surface area contributed by atoms with E-state index in [1.807, 2.05) is 13.2 Å². The maximum atomic E-state index is 12.6. The van der Waals surface area contributed by atoms with Crippen LogP contribution in [-0.2, 0) is 7.05 Å². The normalized spacial score (nSPS) is 21.5. The Morgan fingerprint density at radius 2 is 2.17 bits per heavy atom. The zero-order chi connectivity index (χ0) is 16.6. The summed E-state index contributed by atoms with van der Waals surface area (Å²) in [6, 6.07) is 4.53. The molecule has 0 bridgehead atoms. The number of rotatable bonds is 4. The van der Waals surface area contributed by atoms with Crippen molar-refractivity contribution in [2.75, 3.05) is 0 Å². The van der Waals surface area contributed by atoms with Crippen LogP contribution in [0.3, 0.4) is 0 Å². The Morgan fingerprint density at radius 3 is 2.74 bits per heavy atom. The van der Waals surface area contributed by atoms with Gasteiger partial charge in [0.05, 0.1) is 18.3 Å². The number of hydrogen-bond acceptors (Lipinski definition) is 4. The topological polar surface area (TPSA) is 87.4 Å². The van der Waals surface area contributed by atoms with E-state index in [0.29, 0.717) is 18.4 Å². The van der Waals surface area contributed by atoms with Crippen molar-refractivity contribution in [3.8, 4) is 5.75 Å². The molecule has 122 valence electrons. The first-order valence-corrected chi connectivity index (χ1v) is 7.71. The Labute approximate surface area is 134 Å². The van der Waals surface area contributed by atoms with E-state index in [4.69, 9.17) is 0 Å². The molecule has 1 fully saturated rings. The number of aromatic hydroxyl groups is 1. The monoisotopic (exact) mass is 315 g/mol. The van der Waals surface area contributed by atoms with Crippen LogP contribution >= 0.6 is 0 Å². The van der Waals surface area contributed by atoms with Gasteiger partial charge in [-0.2, -0.15) is 5.10 Å². The zero-order valence-electron chi connectivity index (χ0n) is 13.2. The van der Waals surface area contributed by atoms with Crippen molar-refractivity contribution in [1.82, 2.24) is 15.1 Å². The number of phenolic OH excluding ortho intramolecular Hbond substituents is 1. The molecular formula is C17H21N3O3. The fourth-order valence-corrected chi connectivity index (χ4v) is 3.10. The van der Waals surface area contributed by atoms with Gasteiger partial charge < -0.3 is 15.5 Å². The molecule has 1 saturated carbocycles. The summed E-state index contributed by atoms with van der Waals surface area (Å²) in [5, 5.41) is 26.3. The van der Waals surface area contributed by atoms with E-state index < -0.39 is 0 Å². The van der Waals surface area contributed by atoms with Gasteiger partial charge in [-0.15, -0.1) is 0 Å². The first-order valence-electron chi connectivity index (χ1n) is 7.71. The molecule has 3 N–H and O–H groups in total. The number of nitrogens with one attached hydrogen (secondary N) is 1. The lowest BCUT2D eigenvalue weighted by molar-refractivity contribution is 0.0235. The Morgan fingerprint density at radius 1 is 1.43 bits per heavy atom. The highest BCUT2D eigenvalue weighted by molar-refractivity contribution is 5.96. The Balaban J connectivity index is 1.81. The molecular weight excluding hydrogens is 294 g/mol. The van der Waals surface area contributed by atoms with Gasteiger partial charge in [0, 0.05) is 24.4 Å². The molecule has 1 amide bonds. The molecule has 1 aliphatic rings. The number of nitrogens with zero attached hydrogens (tertiary/aromatic N) is 2. The van der Waals surface area contributed by atoms with Crippen LogP contribution in [0.5, 0.6) is 5.75 Å². The highest BCUT2D eigenvalue weighted by atomic mass is 16.3. The molecule has 1 atom stereocenters. The van der Waals surface area contributed by atoms with Gasteiger partial charge in [-0.3, -0.25) is 9.48 Å². The smallest absolute Gasteiger partial charge is 0.252 e. The number of aliphatic hydroxyl groups excluding tert-OH is 1. The summed E-state index contributed by atoms with van der Waals surface area (Å²) in [6.07, 6.45) is 4.70. The molecule has 1 aliphatic carbocycles. The number of benzene rings is 1. The molecule has 1 unspecified atom stereocenters. The molecule has 6 nitrogen and oxygen atoms in total. The van der Waals surface area contributed by atoms with Crippen LogP contribution in [0.4, 0.5) is 0 Å². The van der Waals surface area contributed by atoms with Crippen LogP contribution in [0.2, 0.25) is 0 Å². The number of carbonyl (C=O) groups excluding carboxylic acids is 1. The van der Waals surface area contributed by atoms with Gasteiger partial charge in [-0.25, -0.2) is 0 Å². The van der Waals surface area contributed by atoms with Gasteiger partial charge in [-0.1, -0.05) is 0 Å². The van der Waals surface area contributed by atoms with Gasteiger partial charge in [0.2, 0.25) is 0 Å². The summed E-state index contributed by atoms with van der Waals surface area (Å²) >= 11 is 0. The standard InChI is InChI=1S/C17H21N3O3/c1-10-5-13(21)3-4-15(10)17(23)19-16(11-6-14(22)7-11)12-8-18-20(2)9-12/h3-5,8-9,11,14,16,21-22H,6-7H2,1-2H3,(H,19,23). The van der Waals surface area contributed by atoms with Crippen LogP contribution in [0.1, 0.15) is 40.4 Å². The SMILES string of the molecule is Cc1cc(O)ccc1C(=O)NC(c1cnn(C)c1)C1CC(O)C1. The number of phenols is 1. The summed E-state index contributed by atoms with van der Waals surface area (Å²) in [4.78, 5) is 12.6. The van der Waals surface area contributed by atoms with E-state index in [9.17, 15) is 15.0 Å². The molecule has 1 heterocycles. The van der Waals surface area contributed by atoms with Crippen molar-refractivity contribution in [2.45, 2.75) is 31.9 Å². The number of aromatic nitrogens is 2. The van der Waals surface area contributed by atoms with Gasteiger partial charge in [0.25, 0.3) is 5.91 Å². The van der Waals surface area contributed by atoms with Gasteiger partial charge in [0.15, 0.2) is 0 Å². The van der Waals surface area contributed by atoms with E-state index in [1.165, 1.54) is 6.07 Å². The molecule has 1 aromatic heterocycles. The minimum atomic E-state index is -0.286. The quantitative estimate of drug-likeness (QED) is 0.801. The van der Waals surface area contributed by atoms with Gasteiger partial charge in [0.1, 0.15) is 5.75 Å². The Kier molecular flexibility index (Phi) is 4.09. The van der Waals surface area contributed by atoms with Crippen molar-refractivity contribution in [2.24, 2.45) is 13.0 Å². The maximum absolute atomic E-state index is 12.6. The van der Waals surface area contributed by atoms with E-state index in [1.54, 1.807) is 29.9 Å². The molecule has 0 spiro atoms. The van der Waals surface area contributed by atoms with Crippen LogP contribution in [0.15, 0.2) is 30.6 Å². The lowest BCUT2D eigenvalue weighted by Gasteiger charge is -2.37. The molecule has 0 saturated heterocycles. The predicted octanol–water partition coefficient (Wildman–Crippen LogP) is 1.68. The van der Waals surface area contributed by atoms with Gasteiger partial charge >= 0.3 is 0 Å². The molecule has 6 heteroatoms. The first kappa shape index (κ1) is 15.6. The lowest BCUT2D eigenvalue weighted by Crippen LogP contribution is -2.41. The average molecular weight is 315 g/mol. The highest BCUT2D eigenvalue weighted by Gasteiger charge is 2.36. The van der Waals surface area contributed by atoms with Crippen molar-refractivity contribution < 1.29 is 15.0 Å². The minimum absolute atomic E-state index is 0.143. The van der Waals surface area contributed by atoms with Crippen LogP contribution in [-0.4, -0.2) is 32.0 Å². The van der Waals surface area contributed by atoms with E-state index in [-0.39, 0.29) is 29.7 Å². The number of amides is 1.